The Hall–Kier alpha value is -1.56. The Balaban J connectivity index is 3.10. The lowest BCUT2D eigenvalue weighted by atomic mass is 10.1. The number of anilines is 1. The summed E-state index contributed by atoms with van der Waals surface area (Å²) in [6.07, 6.45) is 2.59. The van der Waals surface area contributed by atoms with Crippen molar-refractivity contribution in [2.24, 2.45) is 0 Å². The maximum absolute atomic E-state index is 10.7. The standard InChI is InChI=1S/C15H20ClNO4/c1-20-10-8-17(9-11-21-2)14-5-3-4-13(16)12(14)6-7-15(18)19/h3-7H,8-11H2,1-2H3,(H,18,19). The Morgan fingerprint density at radius 3 is 2.43 bits per heavy atom. The molecule has 5 nitrogen and oxygen atoms in total. The highest BCUT2D eigenvalue weighted by Crippen LogP contribution is 2.28. The maximum atomic E-state index is 10.7. The first kappa shape index (κ1) is 17.5. The van der Waals surface area contributed by atoms with E-state index in [0.29, 0.717) is 36.9 Å². The van der Waals surface area contributed by atoms with Gasteiger partial charge in [-0.2, -0.15) is 0 Å². The van der Waals surface area contributed by atoms with E-state index in [2.05, 4.69) is 4.90 Å². The predicted molar refractivity (Wildman–Crippen MR) is 84.1 cm³/mol. The van der Waals surface area contributed by atoms with Gasteiger partial charge in [-0.3, -0.25) is 0 Å². The molecule has 0 fully saturated rings. The Bertz CT molecular complexity index is 483. The van der Waals surface area contributed by atoms with Crippen molar-refractivity contribution in [1.29, 1.82) is 0 Å². The Kier molecular flexibility index (Phi) is 7.82. The summed E-state index contributed by atoms with van der Waals surface area (Å²) in [5.41, 5.74) is 1.53. The fourth-order valence-electron chi connectivity index (χ4n) is 1.88. The van der Waals surface area contributed by atoms with E-state index in [1.807, 2.05) is 12.1 Å². The van der Waals surface area contributed by atoms with E-state index < -0.39 is 5.97 Å². The van der Waals surface area contributed by atoms with E-state index in [1.54, 1.807) is 20.3 Å². The number of carbonyl (C=O) groups is 1. The van der Waals surface area contributed by atoms with Crippen molar-refractivity contribution < 1.29 is 19.4 Å². The molecule has 0 spiro atoms. The minimum atomic E-state index is -1.01. The molecule has 0 aliphatic rings. The topological polar surface area (TPSA) is 59.0 Å². The number of carboxylic acids is 1. The fraction of sp³-hybridized carbons (Fsp3) is 0.400. The van der Waals surface area contributed by atoms with Crippen molar-refractivity contribution in [3.05, 3.63) is 34.9 Å². The molecule has 1 N–H and O–H groups in total. The molecule has 1 aromatic rings. The second-order valence-corrected chi connectivity index (χ2v) is 4.72. The number of aliphatic carboxylic acids is 1. The molecular weight excluding hydrogens is 294 g/mol. The Labute approximate surface area is 129 Å². The van der Waals surface area contributed by atoms with Crippen LogP contribution in [0.4, 0.5) is 5.69 Å². The summed E-state index contributed by atoms with van der Waals surface area (Å²) >= 11 is 6.19. The van der Waals surface area contributed by atoms with Gasteiger partial charge in [0, 0.05) is 49.7 Å². The van der Waals surface area contributed by atoms with Crippen molar-refractivity contribution >= 4 is 29.3 Å². The van der Waals surface area contributed by atoms with Crippen LogP contribution in [0.5, 0.6) is 0 Å². The highest BCUT2D eigenvalue weighted by Gasteiger charge is 2.12. The summed E-state index contributed by atoms with van der Waals surface area (Å²) < 4.78 is 10.2. The second kappa shape index (κ2) is 9.39. The zero-order valence-electron chi connectivity index (χ0n) is 12.2. The minimum absolute atomic E-state index is 0.504. The van der Waals surface area contributed by atoms with Crippen molar-refractivity contribution in [1.82, 2.24) is 0 Å². The van der Waals surface area contributed by atoms with E-state index in [-0.39, 0.29) is 0 Å². The van der Waals surface area contributed by atoms with Crippen LogP contribution in [0.15, 0.2) is 24.3 Å². The minimum Gasteiger partial charge on any atom is -0.478 e. The number of hydrogen-bond donors (Lipinski definition) is 1. The summed E-state index contributed by atoms with van der Waals surface area (Å²) in [4.78, 5) is 12.8. The first-order valence-corrected chi connectivity index (χ1v) is 6.90. The molecule has 0 heterocycles. The molecule has 1 aromatic carbocycles. The highest BCUT2D eigenvalue weighted by atomic mass is 35.5. The SMILES string of the molecule is COCCN(CCOC)c1cccc(Cl)c1C=CC(=O)O. The molecule has 1 rings (SSSR count). The van der Waals surface area contributed by atoms with Gasteiger partial charge in [0.25, 0.3) is 0 Å². The van der Waals surface area contributed by atoms with Crippen LogP contribution in [0.2, 0.25) is 5.02 Å². The maximum Gasteiger partial charge on any atom is 0.328 e. The smallest absolute Gasteiger partial charge is 0.328 e. The van der Waals surface area contributed by atoms with Crippen LogP contribution in [0.1, 0.15) is 5.56 Å². The van der Waals surface area contributed by atoms with E-state index in [0.717, 1.165) is 11.8 Å². The van der Waals surface area contributed by atoms with Gasteiger partial charge in [0.2, 0.25) is 0 Å². The van der Waals surface area contributed by atoms with Crippen molar-refractivity contribution in [2.75, 3.05) is 45.4 Å². The van der Waals surface area contributed by atoms with Gasteiger partial charge in [0.1, 0.15) is 0 Å². The first-order chi connectivity index (χ1) is 10.1. The molecule has 0 unspecified atom stereocenters. The Morgan fingerprint density at radius 1 is 1.29 bits per heavy atom. The van der Waals surface area contributed by atoms with Crippen LogP contribution in [0.3, 0.4) is 0 Å². The number of carboxylic acid groups (broad SMARTS) is 1. The molecule has 6 heteroatoms. The monoisotopic (exact) mass is 313 g/mol. The van der Waals surface area contributed by atoms with Gasteiger partial charge in [-0.15, -0.1) is 0 Å². The average molecular weight is 314 g/mol. The van der Waals surface area contributed by atoms with Gasteiger partial charge in [0.05, 0.1) is 13.2 Å². The van der Waals surface area contributed by atoms with Crippen LogP contribution in [0.25, 0.3) is 6.08 Å². The largest absolute Gasteiger partial charge is 0.478 e. The first-order valence-electron chi connectivity index (χ1n) is 6.52. The van der Waals surface area contributed by atoms with E-state index in [4.69, 9.17) is 26.2 Å². The number of nitrogens with zero attached hydrogens (tertiary/aromatic N) is 1. The summed E-state index contributed by atoms with van der Waals surface area (Å²) in [6, 6.07) is 5.47. The molecular formula is C15H20ClNO4. The van der Waals surface area contributed by atoms with Gasteiger partial charge in [-0.25, -0.2) is 4.79 Å². The molecule has 0 bridgehead atoms. The van der Waals surface area contributed by atoms with Crippen molar-refractivity contribution in [3.8, 4) is 0 Å². The summed E-state index contributed by atoms with van der Waals surface area (Å²) in [5, 5.41) is 9.30. The van der Waals surface area contributed by atoms with Crippen LogP contribution in [0, 0.1) is 0 Å². The Morgan fingerprint density at radius 2 is 1.90 bits per heavy atom. The molecule has 21 heavy (non-hydrogen) atoms. The summed E-state index contributed by atoms with van der Waals surface area (Å²) in [7, 11) is 3.27. The van der Waals surface area contributed by atoms with E-state index in [9.17, 15) is 4.79 Å². The third-order valence-electron chi connectivity index (χ3n) is 2.89. The molecule has 0 radical (unpaired) electrons. The molecule has 0 atom stereocenters. The average Bonchev–Trinajstić information content (AvgIpc) is 2.46. The molecule has 0 aliphatic carbocycles. The zero-order valence-corrected chi connectivity index (χ0v) is 13.0. The van der Waals surface area contributed by atoms with Crippen molar-refractivity contribution in [3.63, 3.8) is 0 Å². The number of halogens is 1. The lowest BCUT2D eigenvalue weighted by Gasteiger charge is -2.26. The number of ether oxygens (including phenoxy) is 2. The third kappa shape index (κ3) is 5.75. The molecule has 0 aliphatic heterocycles. The number of hydrogen-bond acceptors (Lipinski definition) is 4. The van der Waals surface area contributed by atoms with Crippen LogP contribution < -0.4 is 4.90 Å². The summed E-state index contributed by atoms with van der Waals surface area (Å²) in [5.74, 6) is -1.01. The lowest BCUT2D eigenvalue weighted by Crippen LogP contribution is -2.31. The fourth-order valence-corrected chi connectivity index (χ4v) is 2.11. The molecule has 0 saturated heterocycles. The van der Waals surface area contributed by atoms with E-state index in [1.165, 1.54) is 6.08 Å². The molecule has 116 valence electrons. The second-order valence-electron chi connectivity index (χ2n) is 4.32. The van der Waals surface area contributed by atoms with Crippen molar-refractivity contribution in [2.45, 2.75) is 0 Å². The third-order valence-corrected chi connectivity index (χ3v) is 3.22. The number of methoxy groups -OCH3 is 2. The summed E-state index contributed by atoms with van der Waals surface area (Å²) in [6.45, 7) is 2.43. The molecule has 0 amide bonds. The van der Waals surface area contributed by atoms with Gasteiger partial charge in [-0.05, 0) is 18.2 Å². The predicted octanol–water partition coefficient (Wildman–Crippen LogP) is 2.54. The van der Waals surface area contributed by atoms with Gasteiger partial charge in [0.15, 0.2) is 0 Å². The quantitative estimate of drug-likeness (QED) is 0.710. The van der Waals surface area contributed by atoms with Crippen LogP contribution >= 0.6 is 11.6 Å². The highest BCUT2D eigenvalue weighted by molar-refractivity contribution is 6.32. The van der Waals surface area contributed by atoms with Crippen LogP contribution in [-0.2, 0) is 14.3 Å². The van der Waals surface area contributed by atoms with Gasteiger partial charge >= 0.3 is 5.97 Å². The van der Waals surface area contributed by atoms with Gasteiger partial charge < -0.3 is 19.5 Å². The van der Waals surface area contributed by atoms with Gasteiger partial charge in [-0.1, -0.05) is 17.7 Å². The molecule has 0 aromatic heterocycles. The molecule has 0 saturated carbocycles. The zero-order chi connectivity index (χ0) is 15.7. The van der Waals surface area contributed by atoms with Crippen LogP contribution in [-0.4, -0.2) is 51.6 Å². The lowest BCUT2D eigenvalue weighted by molar-refractivity contribution is -0.131. The van der Waals surface area contributed by atoms with E-state index >= 15 is 0 Å². The number of benzene rings is 1. The normalized spacial score (nSPS) is 11.0. The number of rotatable bonds is 9.